The van der Waals surface area contributed by atoms with Crippen LogP contribution in [0.5, 0.6) is 5.75 Å². The number of carbonyl (C=O) groups excluding carboxylic acids is 1. The largest absolute Gasteiger partial charge is 0.487 e. The van der Waals surface area contributed by atoms with Crippen LogP contribution in [0.25, 0.3) is 0 Å². The van der Waals surface area contributed by atoms with Gasteiger partial charge in [0.2, 0.25) is 5.91 Å². The van der Waals surface area contributed by atoms with E-state index in [1.807, 2.05) is 66.0 Å². The third-order valence-corrected chi connectivity index (χ3v) is 5.80. The molecular weight excluding hydrogens is 438 g/mol. The van der Waals surface area contributed by atoms with E-state index in [0.717, 1.165) is 16.8 Å². The molecule has 0 spiro atoms. The van der Waals surface area contributed by atoms with Gasteiger partial charge >= 0.3 is 0 Å². The summed E-state index contributed by atoms with van der Waals surface area (Å²) >= 11 is 1.35. The second-order valence-corrected chi connectivity index (χ2v) is 8.15. The second kappa shape index (κ2) is 10.1. The summed E-state index contributed by atoms with van der Waals surface area (Å²) in [5.41, 5.74) is 3.18. The fourth-order valence-electron chi connectivity index (χ4n) is 3.40. The quantitative estimate of drug-likeness (QED) is 0.242. The lowest BCUT2D eigenvalue weighted by molar-refractivity contribution is -0.384. The lowest BCUT2D eigenvalue weighted by Gasteiger charge is -2.17. The molecular formula is C25H21N3O4S. The summed E-state index contributed by atoms with van der Waals surface area (Å²) in [5, 5.41) is 13.7. The molecule has 0 bridgehead atoms. The molecule has 0 unspecified atom stereocenters. The van der Waals surface area contributed by atoms with Crippen molar-refractivity contribution in [2.75, 3.05) is 4.90 Å². The number of aromatic nitrogens is 1. The Morgan fingerprint density at radius 3 is 2.42 bits per heavy atom. The highest BCUT2D eigenvalue weighted by atomic mass is 32.1. The number of nitro benzene ring substituents is 1. The smallest absolute Gasteiger partial charge is 0.269 e. The minimum Gasteiger partial charge on any atom is -0.487 e. The second-order valence-electron chi connectivity index (χ2n) is 7.31. The van der Waals surface area contributed by atoms with Gasteiger partial charge in [-0.3, -0.25) is 19.8 Å². The Bertz CT molecular complexity index is 1260. The number of nitrogens with zero attached hydrogens (tertiary/aromatic N) is 3. The molecule has 0 saturated carbocycles. The molecule has 166 valence electrons. The summed E-state index contributed by atoms with van der Waals surface area (Å²) in [6.07, 6.45) is 0.506. The van der Waals surface area contributed by atoms with Crippen LogP contribution in [-0.4, -0.2) is 15.8 Å². The van der Waals surface area contributed by atoms with E-state index in [0.29, 0.717) is 23.0 Å². The number of ether oxygens (including phenoxy) is 1. The Morgan fingerprint density at radius 1 is 1.06 bits per heavy atom. The zero-order valence-electron chi connectivity index (χ0n) is 17.9. The summed E-state index contributed by atoms with van der Waals surface area (Å²) in [4.78, 5) is 29.2. The predicted octanol–water partition coefficient (Wildman–Crippen LogP) is 5.91. The highest BCUT2D eigenvalue weighted by molar-refractivity contribution is 7.14. The van der Waals surface area contributed by atoms with Crippen LogP contribution in [-0.2, 0) is 17.8 Å². The lowest BCUT2D eigenvalue weighted by atomic mass is 10.0. The Labute approximate surface area is 195 Å². The number of thiazole rings is 1. The molecule has 0 radical (unpaired) electrons. The number of amides is 1. The Morgan fingerprint density at radius 2 is 1.76 bits per heavy atom. The molecule has 1 aromatic heterocycles. The molecule has 3 aromatic carbocycles. The molecule has 0 aliphatic carbocycles. The average Bonchev–Trinajstić information content (AvgIpc) is 3.27. The minimum atomic E-state index is -0.412. The van der Waals surface area contributed by atoms with Crippen molar-refractivity contribution < 1.29 is 14.5 Å². The summed E-state index contributed by atoms with van der Waals surface area (Å²) in [6.45, 7) is 1.67. The molecule has 1 heterocycles. The van der Waals surface area contributed by atoms with Crippen LogP contribution in [0.2, 0.25) is 0 Å². The molecule has 0 atom stereocenters. The van der Waals surface area contributed by atoms with Crippen molar-refractivity contribution >= 4 is 33.8 Å². The number of anilines is 2. The van der Waals surface area contributed by atoms with E-state index in [-0.39, 0.29) is 18.2 Å². The molecule has 0 N–H and O–H groups in total. The van der Waals surface area contributed by atoms with Crippen LogP contribution in [0.4, 0.5) is 16.5 Å². The van der Waals surface area contributed by atoms with Crippen molar-refractivity contribution in [1.82, 2.24) is 4.98 Å². The van der Waals surface area contributed by atoms with Gasteiger partial charge in [0.05, 0.1) is 16.3 Å². The average molecular weight is 460 g/mol. The highest BCUT2D eigenvalue weighted by Gasteiger charge is 2.18. The summed E-state index contributed by atoms with van der Waals surface area (Å²) in [6, 6.07) is 23.6. The van der Waals surface area contributed by atoms with Gasteiger partial charge in [0.15, 0.2) is 5.13 Å². The number of non-ortho nitro benzene ring substituents is 1. The molecule has 8 heteroatoms. The van der Waals surface area contributed by atoms with Gasteiger partial charge in [0.1, 0.15) is 12.4 Å². The van der Waals surface area contributed by atoms with Gasteiger partial charge in [-0.15, -0.1) is 11.3 Å². The van der Waals surface area contributed by atoms with Crippen LogP contribution in [0, 0.1) is 10.1 Å². The van der Waals surface area contributed by atoms with Crippen LogP contribution in [0.3, 0.4) is 0 Å². The van der Waals surface area contributed by atoms with Crippen LogP contribution >= 0.6 is 11.3 Å². The predicted molar refractivity (Wildman–Crippen MR) is 128 cm³/mol. The van der Waals surface area contributed by atoms with E-state index in [1.54, 1.807) is 17.0 Å². The van der Waals surface area contributed by atoms with E-state index in [2.05, 4.69) is 4.98 Å². The number of rotatable bonds is 8. The van der Waals surface area contributed by atoms with Gasteiger partial charge in [-0.05, 0) is 23.8 Å². The van der Waals surface area contributed by atoms with Crippen LogP contribution in [0.1, 0.15) is 23.7 Å². The first-order valence-corrected chi connectivity index (χ1v) is 11.1. The Balaban J connectivity index is 1.54. The first kappa shape index (κ1) is 22.2. The SMILES string of the molecule is CC(=O)N(c1ccccc1)c1nc(COc2ccc([N+](=O)[O-])cc2Cc2ccccc2)cs1. The number of carbonyl (C=O) groups is 1. The Kier molecular flexibility index (Phi) is 6.75. The topological polar surface area (TPSA) is 85.6 Å². The van der Waals surface area contributed by atoms with E-state index in [9.17, 15) is 14.9 Å². The van der Waals surface area contributed by atoms with Crippen molar-refractivity contribution in [3.8, 4) is 5.75 Å². The van der Waals surface area contributed by atoms with Gasteiger partial charge in [-0.2, -0.15) is 0 Å². The zero-order chi connectivity index (χ0) is 23.2. The van der Waals surface area contributed by atoms with Gasteiger partial charge in [0, 0.05) is 36.4 Å². The monoisotopic (exact) mass is 459 g/mol. The van der Waals surface area contributed by atoms with Crippen molar-refractivity contribution in [1.29, 1.82) is 0 Å². The van der Waals surface area contributed by atoms with E-state index < -0.39 is 4.92 Å². The molecule has 0 saturated heterocycles. The van der Waals surface area contributed by atoms with Crippen molar-refractivity contribution in [3.63, 3.8) is 0 Å². The number of para-hydroxylation sites is 1. The summed E-state index contributed by atoms with van der Waals surface area (Å²) < 4.78 is 6.01. The first-order chi connectivity index (χ1) is 16.0. The van der Waals surface area contributed by atoms with E-state index >= 15 is 0 Å². The van der Waals surface area contributed by atoms with E-state index in [1.165, 1.54) is 24.3 Å². The maximum atomic E-state index is 12.2. The number of hydrogen-bond donors (Lipinski definition) is 0. The van der Waals surface area contributed by atoms with Crippen LogP contribution < -0.4 is 9.64 Å². The lowest BCUT2D eigenvalue weighted by Crippen LogP contribution is -2.22. The molecule has 0 aliphatic rings. The van der Waals surface area contributed by atoms with Gasteiger partial charge in [0.25, 0.3) is 5.69 Å². The number of benzene rings is 3. The van der Waals surface area contributed by atoms with Gasteiger partial charge in [-0.1, -0.05) is 48.5 Å². The fraction of sp³-hybridized carbons (Fsp3) is 0.120. The van der Waals surface area contributed by atoms with E-state index in [4.69, 9.17) is 4.74 Å². The molecule has 0 fully saturated rings. The van der Waals surface area contributed by atoms with Crippen molar-refractivity contribution in [3.05, 3.63) is 111 Å². The van der Waals surface area contributed by atoms with Gasteiger partial charge < -0.3 is 4.74 Å². The normalized spacial score (nSPS) is 10.6. The third-order valence-electron chi connectivity index (χ3n) is 4.93. The first-order valence-electron chi connectivity index (χ1n) is 10.3. The number of nitro groups is 1. The fourth-order valence-corrected chi connectivity index (χ4v) is 4.27. The third kappa shape index (κ3) is 5.42. The molecule has 0 aliphatic heterocycles. The maximum absolute atomic E-state index is 12.2. The maximum Gasteiger partial charge on any atom is 0.269 e. The molecule has 1 amide bonds. The Hall–Kier alpha value is -4.04. The zero-order valence-corrected chi connectivity index (χ0v) is 18.7. The molecule has 4 aromatic rings. The standard InChI is InChI=1S/C25H21N3O4S/c1-18(29)27(22-10-6-3-7-11-22)25-26-21(17-33-25)16-32-24-13-12-23(28(30)31)15-20(24)14-19-8-4-2-5-9-19/h2-13,15,17H,14,16H2,1H3. The van der Waals surface area contributed by atoms with Gasteiger partial charge in [-0.25, -0.2) is 4.98 Å². The number of hydrogen-bond acceptors (Lipinski definition) is 6. The minimum absolute atomic E-state index is 0.0178. The van der Waals surface area contributed by atoms with Crippen molar-refractivity contribution in [2.24, 2.45) is 0 Å². The highest BCUT2D eigenvalue weighted by Crippen LogP contribution is 2.30. The molecule has 7 nitrogen and oxygen atoms in total. The summed E-state index contributed by atoms with van der Waals surface area (Å²) in [7, 11) is 0. The molecule has 4 rings (SSSR count). The van der Waals surface area contributed by atoms with Crippen molar-refractivity contribution in [2.45, 2.75) is 20.0 Å². The molecule has 33 heavy (non-hydrogen) atoms. The summed E-state index contributed by atoms with van der Waals surface area (Å²) in [5.74, 6) is 0.425. The van der Waals surface area contributed by atoms with Crippen LogP contribution in [0.15, 0.2) is 84.2 Å².